The Labute approximate surface area is 98.0 Å². The second-order valence-corrected chi connectivity index (χ2v) is 3.80. The molecule has 0 aliphatic heterocycles. The van der Waals surface area contributed by atoms with E-state index in [1.54, 1.807) is 0 Å². The van der Waals surface area contributed by atoms with Gasteiger partial charge in [-0.3, -0.25) is 0 Å². The van der Waals surface area contributed by atoms with Crippen LogP contribution in [-0.2, 0) is 11.2 Å². The molecule has 0 atom stereocenters. The number of nitrogens with two attached hydrogens (primary N) is 1. The highest BCUT2D eigenvalue weighted by atomic mass is 16.5. The summed E-state index contributed by atoms with van der Waals surface area (Å²) in [7, 11) is 0. The van der Waals surface area contributed by atoms with Gasteiger partial charge in [0, 0.05) is 18.9 Å². The lowest BCUT2D eigenvalue weighted by atomic mass is 10.1. The summed E-state index contributed by atoms with van der Waals surface area (Å²) in [5.74, 6) is 0. The zero-order valence-electron chi connectivity index (χ0n) is 10.0. The molecule has 1 aromatic rings. The van der Waals surface area contributed by atoms with Crippen molar-refractivity contribution in [3.05, 3.63) is 29.8 Å². The Morgan fingerprint density at radius 2 is 2.19 bits per heavy atom. The Kier molecular flexibility index (Phi) is 6.61. The highest BCUT2D eigenvalue weighted by Gasteiger charge is 1.93. The van der Waals surface area contributed by atoms with Gasteiger partial charge in [-0.2, -0.15) is 0 Å². The van der Waals surface area contributed by atoms with Gasteiger partial charge in [0.25, 0.3) is 0 Å². The summed E-state index contributed by atoms with van der Waals surface area (Å²) in [6, 6.07) is 8.05. The molecule has 1 rings (SSSR count). The minimum atomic E-state index is 0.809. The molecule has 0 spiro atoms. The van der Waals surface area contributed by atoms with Crippen molar-refractivity contribution in [2.24, 2.45) is 0 Å². The molecule has 0 aliphatic rings. The van der Waals surface area contributed by atoms with Gasteiger partial charge < -0.3 is 15.8 Å². The molecule has 0 fully saturated rings. The van der Waals surface area contributed by atoms with Crippen LogP contribution in [0.25, 0.3) is 0 Å². The van der Waals surface area contributed by atoms with E-state index >= 15 is 0 Å². The number of anilines is 1. The van der Waals surface area contributed by atoms with Crippen molar-refractivity contribution in [3.8, 4) is 0 Å². The van der Waals surface area contributed by atoms with E-state index in [4.69, 9.17) is 10.5 Å². The van der Waals surface area contributed by atoms with Crippen molar-refractivity contribution >= 4 is 5.69 Å². The van der Waals surface area contributed by atoms with E-state index in [2.05, 4.69) is 11.4 Å². The fraction of sp³-hybridized carbons (Fsp3) is 0.538. The molecular weight excluding hydrogens is 200 g/mol. The SMILES string of the molecule is CCOCCCNCCc1cccc(N)c1. The number of nitrogen functional groups attached to an aromatic ring is 1. The normalized spacial score (nSPS) is 10.6. The van der Waals surface area contributed by atoms with E-state index in [9.17, 15) is 0 Å². The van der Waals surface area contributed by atoms with Crippen LogP contribution in [0.3, 0.4) is 0 Å². The van der Waals surface area contributed by atoms with Crippen molar-refractivity contribution in [3.63, 3.8) is 0 Å². The van der Waals surface area contributed by atoms with Crippen LogP contribution < -0.4 is 11.1 Å². The van der Waals surface area contributed by atoms with E-state index in [1.165, 1.54) is 5.56 Å². The predicted molar refractivity (Wildman–Crippen MR) is 68.5 cm³/mol. The van der Waals surface area contributed by atoms with Crippen molar-refractivity contribution in [2.45, 2.75) is 19.8 Å². The Bertz CT molecular complexity index is 289. The molecule has 0 amide bonds. The fourth-order valence-corrected chi connectivity index (χ4v) is 1.55. The van der Waals surface area contributed by atoms with Gasteiger partial charge in [0.1, 0.15) is 0 Å². The van der Waals surface area contributed by atoms with Crippen LogP contribution in [0.2, 0.25) is 0 Å². The van der Waals surface area contributed by atoms with E-state index < -0.39 is 0 Å². The van der Waals surface area contributed by atoms with Gasteiger partial charge in [-0.25, -0.2) is 0 Å². The number of hydrogen-bond acceptors (Lipinski definition) is 3. The van der Waals surface area contributed by atoms with Crippen molar-refractivity contribution in [1.82, 2.24) is 5.32 Å². The van der Waals surface area contributed by atoms with Gasteiger partial charge >= 0.3 is 0 Å². The summed E-state index contributed by atoms with van der Waals surface area (Å²) in [4.78, 5) is 0. The zero-order chi connectivity index (χ0) is 11.6. The molecular formula is C13H22N2O. The van der Waals surface area contributed by atoms with Gasteiger partial charge in [-0.1, -0.05) is 12.1 Å². The molecule has 16 heavy (non-hydrogen) atoms. The molecule has 0 saturated heterocycles. The summed E-state index contributed by atoms with van der Waals surface area (Å²) in [5, 5.41) is 3.39. The van der Waals surface area contributed by atoms with Gasteiger partial charge in [-0.05, 0) is 50.6 Å². The molecule has 0 aromatic heterocycles. The Balaban J connectivity index is 2.03. The average molecular weight is 222 g/mol. The van der Waals surface area contributed by atoms with Crippen LogP contribution in [0.1, 0.15) is 18.9 Å². The third-order valence-corrected chi connectivity index (χ3v) is 2.39. The number of hydrogen-bond donors (Lipinski definition) is 2. The maximum atomic E-state index is 5.71. The summed E-state index contributed by atoms with van der Waals surface area (Å²) in [6.45, 7) is 5.69. The van der Waals surface area contributed by atoms with Gasteiger partial charge in [0.15, 0.2) is 0 Å². The van der Waals surface area contributed by atoms with Gasteiger partial charge in [0.05, 0.1) is 0 Å². The van der Waals surface area contributed by atoms with Crippen LogP contribution in [0.4, 0.5) is 5.69 Å². The summed E-state index contributed by atoms with van der Waals surface area (Å²) >= 11 is 0. The maximum Gasteiger partial charge on any atom is 0.0477 e. The Morgan fingerprint density at radius 1 is 1.31 bits per heavy atom. The largest absolute Gasteiger partial charge is 0.399 e. The van der Waals surface area contributed by atoms with Crippen LogP contribution in [0, 0.1) is 0 Å². The lowest BCUT2D eigenvalue weighted by Crippen LogP contribution is -2.19. The van der Waals surface area contributed by atoms with Gasteiger partial charge in [0.2, 0.25) is 0 Å². The topological polar surface area (TPSA) is 47.3 Å². The highest BCUT2D eigenvalue weighted by Crippen LogP contribution is 2.06. The first kappa shape index (κ1) is 13.0. The first-order valence-corrected chi connectivity index (χ1v) is 5.96. The lowest BCUT2D eigenvalue weighted by molar-refractivity contribution is 0.145. The Hall–Kier alpha value is -1.06. The summed E-state index contributed by atoms with van der Waals surface area (Å²) < 4.78 is 5.26. The summed E-state index contributed by atoms with van der Waals surface area (Å²) in [6.07, 6.45) is 2.10. The number of nitrogens with one attached hydrogen (secondary N) is 1. The van der Waals surface area contributed by atoms with E-state index in [0.29, 0.717) is 0 Å². The predicted octanol–water partition coefficient (Wildman–Crippen LogP) is 1.83. The lowest BCUT2D eigenvalue weighted by Gasteiger charge is -2.05. The molecule has 3 N–H and O–H groups in total. The standard InChI is InChI=1S/C13H22N2O/c1-2-16-10-4-8-15-9-7-12-5-3-6-13(14)11-12/h3,5-6,11,15H,2,4,7-10,14H2,1H3. The second-order valence-electron chi connectivity index (χ2n) is 3.80. The van der Waals surface area contributed by atoms with E-state index in [1.807, 2.05) is 25.1 Å². The van der Waals surface area contributed by atoms with Crippen molar-refractivity contribution in [2.75, 3.05) is 32.0 Å². The van der Waals surface area contributed by atoms with E-state index in [-0.39, 0.29) is 0 Å². The minimum absolute atomic E-state index is 0.809. The van der Waals surface area contributed by atoms with Crippen LogP contribution in [-0.4, -0.2) is 26.3 Å². The van der Waals surface area contributed by atoms with Crippen LogP contribution >= 0.6 is 0 Å². The van der Waals surface area contributed by atoms with Crippen LogP contribution in [0.15, 0.2) is 24.3 Å². The fourth-order valence-electron chi connectivity index (χ4n) is 1.55. The third-order valence-electron chi connectivity index (χ3n) is 2.39. The summed E-state index contributed by atoms with van der Waals surface area (Å²) in [5.41, 5.74) is 7.84. The highest BCUT2D eigenvalue weighted by molar-refractivity contribution is 5.40. The smallest absolute Gasteiger partial charge is 0.0477 e. The Morgan fingerprint density at radius 3 is 2.94 bits per heavy atom. The minimum Gasteiger partial charge on any atom is -0.399 e. The van der Waals surface area contributed by atoms with Gasteiger partial charge in [-0.15, -0.1) is 0 Å². The molecule has 1 aromatic carbocycles. The van der Waals surface area contributed by atoms with E-state index in [0.717, 1.165) is 44.8 Å². The molecule has 0 heterocycles. The first-order valence-electron chi connectivity index (χ1n) is 5.96. The maximum absolute atomic E-state index is 5.71. The number of benzene rings is 1. The molecule has 0 bridgehead atoms. The number of ether oxygens (including phenoxy) is 1. The van der Waals surface area contributed by atoms with Crippen molar-refractivity contribution in [1.29, 1.82) is 0 Å². The van der Waals surface area contributed by atoms with Crippen LogP contribution in [0.5, 0.6) is 0 Å². The monoisotopic (exact) mass is 222 g/mol. The molecule has 0 radical (unpaired) electrons. The number of rotatable bonds is 8. The third kappa shape index (κ3) is 5.73. The first-order chi connectivity index (χ1) is 7.83. The molecule has 0 unspecified atom stereocenters. The molecule has 3 nitrogen and oxygen atoms in total. The van der Waals surface area contributed by atoms with Crippen molar-refractivity contribution < 1.29 is 4.74 Å². The molecule has 0 saturated carbocycles. The average Bonchev–Trinajstić information content (AvgIpc) is 2.28. The quantitative estimate of drug-likeness (QED) is 0.521. The zero-order valence-corrected chi connectivity index (χ0v) is 10.0. The molecule has 3 heteroatoms. The molecule has 0 aliphatic carbocycles. The molecule has 90 valence electrons. The second kappa shape index (κ2) is 8.13.